The average Bonchev–Trinajstić information content (AvgIpc) is 2.24. The van der Waals surface area contributed by atoms with Gasteiger partial charge in [0.05, 0.1) is 18.3 Å². The fourth-order valence-corrected chi connectivity index (χ4v) is 1.40. The van der Waals surface area contributed by atoms with Gasteiger partial charge in [-0.3, -0.25) is 0 Å². The highest BCUT2D eigenvalue weighted by molar-refractivity contribution is 7.80. The molecular weight excluding hydrogens is 222 g/mol. The molecule has 1 aromatic carbocycles. The Morgan fingerprint density at radius 3 is 2.62 bits per heavy atom. The summed E-state index contributed by atoms with van der Waals surface area (Å²) in [7, 11) is 0. The highest BCUT2D eigenvalue weighted by atomic mass is 32.1. The van der Waals surface area contributed by atoms with Crippen LogP contribution in [0, 0.1) is 0 Å². The molecule has 0 unspecified atom stereocenters. The van der Waals surface area contributed by atoms with Crippen LogP contribution in [0.25, 0.3) is 0 Å². The number of para-hydroxylation sites is 1. The van der Waals surface area contributed by atoms with E-state index >= 15 is 0 Å². The highest BCUT2D eigenvalue weighted by Gasteiger charge is 2.04. The van der Waals surface area contributed by atoms with Crippen LogP contribution in [0.4, 0.5) is 0 Å². The molecule has 16 heavy (non-hydrogen) atoms. The van der Waals surface area contributed by atoms with Crippen molar-refractivity contribution in [3.63, 3.8) is 0 Å². The van der Waals surface area contributed by atoms with Crippen molar-refractivity contribution in [2.75, 3.05) is 13.2 Å². The summed E-state index contributed by atoms with van der Waals surface area (Å²) in [6.45, 7) is 5.03. The molecule has 4 heteroatoms. The van der Waals surface area contributed by atoms with E-state index in [0.717, 1.165) is 5.56 Å². The van der Waals surface area contributed by atoms with Crippen LogP contribution < -0.4 is 10.5 Å². The monoisotopic (exact) mass is 239 g/mol. The van der Waals surface area contributed by atoms with E-state index in [-0.39, 0.29) is 6.10 Å². The third-order valence-corrected chi connectivity index (χ3v) is 2.16. The minimum atomic E-state index is 0.217. The first-order valence-corrected chi connectivity index (χ1v) is 5.65. The average molecular weight is 239 g/mol. The first kappa shape index (κ1) is 12.9. The van der Waals surface area contributed by atoms with Crippen molar-refractivity contribution in [2.24, 2.45) is 5.73 Å². The molecule has 0 aromatic heterocycles. The fourth-order valence-electron chi connectivity index (χ4n) is 1.23. The molecule has 1 rings (SSSR count). The second kappa shape index (κ2) is 6.45. The fraction of sp³-hybridized carbons (Fsp3) is 0.417. The number of ether oxygens (including phenoxy) is 2. The minimum Gasteiger partial charge on any atom is -0.490 e. The maximum absolute atomic E-state index is 5.59. The summed E-state index contributed by atoms with van der Waals surface area (Å²) in [4.78, 5) is 0.348. The molecule has 0 aliphatic carbocycles. The van der Waals surface area contributed by atoms with Crippen LogP contribution in [-0.2, 0) is 4.74 Å². The van der Waals surface area contributed by atoms with Gasteiger partial charge in [0.2, 0.25) is 0 Å². The molecule has 2 N–H and O–H groups in total. The van der Waals surface area contributed by atoms with Gasteiger partial charge in [-0.05, 0) is 26.0 Å². The molecule has 0 bridgehead atoms. The lowest BCUT2D eigenvalue weighted by Crippen LogP contribution is -2.15. The van der Waals surface area contributed by atoms with E-state index in [0.29, 0.717) is 24.0 Å². The number of hydrogen-bond donors (Lipinski definition) is 1. The number of rotatable bonds is 6. The van der Waals surface area contributed by atoms with Gasteiger partial charge >= 0.3 is 0 Å². The first-order chi connectivity index (χ1) is 7.61. The van der Waals surface area contributed by atoms with E-state index in [9.17, 15) is 0 Å². The van der Waals surface area contributed by atoms with Crippen LogP contribution in [0.2, 0.25) is 0 Å². The Balaban J connectivity index is 2.50. The van der Waals surface area contributed by atoms with Gasteiger partial charge in [0.1, 0.15) is 17.3 Å². The van der Waals surface area contributed by atoms with Crippen LogP contribution in [-0.4, -0.2) is 24.3 Å². The van der Waals surface area contributed by atoms with Crippen LogP contribution in [0.1, 0.15) is 19.4 Å². The Hall–Kier alpha value is -1.13. The normalized spacial score (nSPS) is 10.4. The largest absolute Gasteiger partial charge is 0.490 e. The Morgan fingerprint density at radius 1 is 1.31 bits per heavy atom. The molecule has 0 radical (unpaired) electrons. The standard InChI is InChI=1S/C12H17NO2S/c1-9(2)14-7-8-15-11-6-4-3-5-10(11)12(13)16/h3-6,9H,7-8H2,1-2H3,(H2,13,16). The van der Waals surface area contributed by atoms with Crippen molar-refractivity contribution in [3.05, 3.63) is 29.8 Å². The molecule has 0 atom stereocenters. The summed E-state index contributed by atoms with van der Waals surface area (Å²) in [5, 5.41) is 0. The van der Waals surface area contributed by atoms with E-state index in [1.54, 1.807) is 0 Å². The van der Waals surface area contributed by atoms with Gasteiger partial charge in [0, 0.05) is 0 Å². The lowest BCUT2D eigenvalue weighted by Gasteiger charge is -2.11. The van der Waals surface area contributed by atoms with Gasteiger partial charge in [-0.2, -0.15) is 0 Å². The first-order valence-electron chi connectivity index (χ1n) is 5.24. The van der Waals surface area contributed by atoms with Crippen LogP contribution >= 0.6 is 12.2 Å². The molecule has 0 spiro atoms. The van der Waals surface area contributed by atoms with Crippen molar-refractivity contribution in [3.8, 4) is 5.75 Å². The summed E-state index contributed by atoms with van der Waals surface area (Å²) in [6, 6.07) is 7.47. The zero-order valence-corrected chi connectivity index (χ0v) is 10.4. The number of hydrogen-bond acceptors (Lipinski definition) is 3. The van der Waals surface area contributed by atoms with E-state index in [4.69, 9.17) is 27.4 Å². The lowest BCUT2D eigenvalue weighted by molar-refractivity contribution is 0.0552. The minimum absolute atomic E-state index is 0.217. The van der Waals surface area contributed by atoms with Gasteiger partial charge in [-0.15, -0.1) is 0 Å². The maximum Gasteiger partial charge on any atom is 0.129 e. The van der Waals surface area contributed by atoms with Gasteiger partial charge in [-0.1, -0.05) is 24.4 Å². The Kier molecular flexibility index (Phi) is 5.22. The molecule has 88 valence electrons. The van der Waals surface area contributed by atoms with Crippen molar-refractivity contribution in [1.29, 1.82) is 0 Å². The van der Waals surface area contributed by atoms with Crippen LogP contribution in [0.3, 0.4) is 0 Å². The predicted molar refractivity (Wildman–Crippen MR) is 68.9 cm³/mol. The molecule has 0 amide bonds. The van der Waals surface area contributed by atoms with E-state index in [1.807, 2.05) is 38.1 Å². The maximum atomic E-state index is 5.59. The molecule has 3 nitrogen and oxygen atoms in total. The molecular formula is C12H17NO2S. The summed E-state index contributed by atoms with van der Waals surface area (Å²) in [5.74, 6) is 0.711. The topological polar surface area (TPSA) is 44.5 Å². The lowest BCUT2D eigenvalue weighted by atomic mass is 10.2. The Bertz CT molecular complexity index is 353. The van der Waals surface area contributed by atoms with E-state index in [1.165, 1.54) is 0 Å². The molecule has 0 heterocycles. The second-order valence-corrected chi connectivity index (χ2v) is 4.07. The molecule has 0 saturated heterocycles. The SMILES string of the molecule is CC(C)OCCOc1ccccc1C(N)=S. The van der Waals surface area contributed by atoms with Crippen molar-refractivity contribution in [2.45, 2.75) is 20.0 Å². The summed E-state index contributed by atoms with van der Waals surface area (Å²) in [5.41, 5.74) is 6.35. The van der Waals surface area contributed by atoms with Crippen LogP contribution in [0.5, 0.6) is 5.75 Å². The quantitative estimate of drug-likeness (QED) is 0.610. The summed E-state index contributed by atoms with van der Waals surface area (Å²) in [6.07, 6.45) is 0.217. The highest BCUT2D eigenvalue weighted by Crippen LogP contribution is 2.17. The zero-order valence-electron chi connectivity index (χ0n) is 9.60. The third kappa shape index (κ3) is 4.16. The number of benzene rings is 1. The van der Waals surface area contributed by atoms with Gasteiger partial charge in [0.25, 0.3) is 0 Å². The molecule has 0 aliphatic heterocycles. The predicted octanol–water partition coefficient (Wildman–Crippen LogP) is 2.12. The summed E-state index contributed by atoms with van der Waals surface area (Å²) < 4.78 is 10.9. The Morgan fingerprint density at radius 2 is 2.00 bits per heavy atom. The van der Waals surface area contributed by atoms with Crippen molar-refractivity contribution in [1.82, 2.24) is 0 Å². The third-order valence-electron chi connectivity index (χ3n) is 1.94. The smallest absolute Gasteiger partial charge is 0.129 e. The zero-order chi connectivity index (χ0) is 12.0. The molecule has 1 aromatic rings. The number of thiocarbonyl (C=S) groups is 1. The second-order valence-electron chi connectivity index (χ2n) is 3.63. The molecule has 0 saturated carbocycles. The molecule has 0 fully saturated rings. The van der Waals surface area contributed by atoms with E-state index < -0.39 is 0 Å². The van der Waals surface area contributed by atoms with Crippen LogP contribution in [0.15, 0.2) is 24.3 Å². The Labute approximate surface area is 102 Å². The number of nitrogens with two attached hydrogens (primary N) is 1. The van der Waals surface area contributed by atoms with E-state index in [2.05, 4.69) is 0 Å². The van der Waals surface area contributed by atoms with Crippen molar-refractivity contribution < 1.29 is 9.47 Å². The van der Waals surface area contributed by atoms with Gasteiger partial charge in [-0.25, -0.2) is 0 Å². The summed E-state index contributed by atoms with van der Waals surface area (Å²) >= 11 is 4.94. The van der Waals surface area contributed by atoms with Gasteiger partial charge in [0.15, 0.2) is 0 Å². The van der Waals surface area contributed by atoms with Gasteiger partial charge < -0.3 is 15.2 Å². The molecule has 0 aliphatic rings. The van der Waals surface area contributed by atoms with Crippen molar-refractivity contribution >= 4 is 17.2 Å².